The summed E-state index contributed by atoms with van der Waals surface area (Å²) in [6, 6.07) is 7.74. The predicted molar refractivity (Wildman–Crippen MR) is 66.1 cm³/mol. The van der Waals surface area contributed by atoms with Gasteiger partial charge in [0.15, 0.2) is 0 Å². The zero-order valence-corrected chi connectivity index (χ0v) is 10.3. The van der Waals surface area contributed by atoms with E-state index in [-0.39, 0.29) is 6.10 Å². The number of hydrogen-bond donors (Lipinski definition) is 1. The molecule has 94 valence electrons. The molecule has 1 atom stereocenters. The molecular weight excluding hydrogens is 216 g/mol. The first kappa shape index (κ1) is 12.4. The molecule has 1 aliphatic rings. The summed E-state index contributed by atoms with van der Waals surface area (Å²) in [5.74, 6) is 1.18. The van der Waals surface area contributed by atoms with E-state index in [1.807, 2.05) is 31.2 Å². The van der Waals surface area contributed by atoms with Crippen LogP contribution in [0.1, 0.15) is 31.4 Å². The molecular formula is C14H20O3. The number of aliphatic hydroxyl groups excluding tert-OH is 1. The van der Waals surface area contributed by atoms with Gasteiger partial charge in [-0.1, -0.05) is 12.1 Å². The van der Waals surface area contributed by atoms with Gasteiger partial charge in [-0.15, -0.1) is 0 Å². The van der Waals surface area contributed by atoms with Gasteiger partial charge in [-0.3, -0.25) is 0 Å². The van der Waals surface area contributed by atoms with Gasteiger partial charge < -0.3 is 14.6 Å². The molecule has 0 aromatic heterocycles. The third-order valence-corrected chi connectivity index (χ3v) is 3.25. The minimum atomic E-state index is -0.380. The highest BCUT2D eigenvalue weighted by molar-refractivity contribution is 5.28. The summed E-state index contributed by atoms with van der Waals surface area (Å²) in [6.07, 6.45) is 1.50. The number of hydrogen-bond acceptors (Lipinski definition) is 3. The Bertz CT molecular complexity index is 328. The predicted octanol–water partition coefficient (Wildman–Crippen LogP) is 2.55. The molecule has 0 spiro atoms. The largest absolute Gasteiger partial charge is 0.494 e. The van der Waals surface area contributed by atoms with Gasteiger partial charge in [-0.2, -0.15) is 0 Å². The van der Waals surface area contributed by atoms with E-state index in [4.69, 9.17) is 9.47 Å². The van der Waals surface area contributed by atoms with Gasteiger partial charge in [0.25, 0.3) is 0 Å². The molecule has 1 saturated heterocycles. The van der Waals surface area contributed by atoms with Gasteiger partial charge in [0.2, 0.25) is 0 Å². The van der Waals surface area contributed by atoms with Crippen LogP contribution in [0, 0.1) is 5.92 Å². The number of ether oxygens (including phenoxy) is 2. The average Bonchev–Trinajstić information content (AvgIpc) is 2.40. The summed E-state index contributed by atoms with van der Waals surface area (Å²) in [5, 5.41) is 10.3. The summed E-state index contributed by atoms with van der Waals surface area (Å²) in [4.78, 5) is 0. The van der Waals surface area contributed by atoms with E-state index < -0.39 is 0 Å². The molecule has 1 heterocycles. The fourth-order valence-electron chi connectivity index (χ4n) is 2.23. The number of aliphatic hydroxyl groups is 1. The molecule has 1 aromatic carbocycles. The van der Waals surface area contributed by atoms with Crippen LogP contribution in [0.5, 0.6) is 5.75 Å². The van der Waals surface area contributed by atoms with Crippen LogP contribution in [-0.2, 0) is 4.74 Å². The molecule has 0 saturated carbocycles. The summed E-state index contributed by atoms with van der Waals surface area (Å²) in [7, 11) is 0. The van der Waals surface area contributed by atoms with Crippen LogP contribution in [0.4, 0.5) is 0 Å². The Morgan fingerprint density at radius 1 is 1.29 bits per heavy atom. The smallest absolute Gasteiger partial charge is 0.119 e. The van der Waals surface area contributed by atoms with E-state index >= 15 is 0 Å². The van der Waals surface area contributed by atoms with Gasteiger partial charge >= 0.3 is 0 Å². The molecule has 0 bridgehead atoms. The lowest BCUT2D eigenvalue weighted by Crippen LogP contribution is -2.21. The van der Waals surface area contributed by atoms with Crippen LogP contribution in [0.25, 0.3) is 0 Å². The first-order valence-electron chi connectivity index (χ1n) is 6.30. The molecule has 1 N–H and O–H groups in total. The first-order valence-corrected chi connectivity index (χ1v) is 6.30. The molecule has 17 heavy (non-hydrogen) atoms. The van der Waals surface area contributed by atoms with Crippen molar-refractivity contribution in [1.82, 2.24) is 0 Å². The topological polar surface area (TPSA) is 38.7 Å². The summed E-state index contributed by atoms with van der Waals surface area (Å²) in [5.41, 5.74) is 0.973. The molecule has 1 aromatic rings. The lowest BCUT2D eigenvalue weighted by atomic mass is 9.89. The summed E-state index contributed by atoms with van der Waals surface area (Å²) < 4.78 is 10.7. The third-order valence-electron chi connectivity index (χ3n) is 3.25. The monoisotopic (exact) mass is 236 g/mol. The van der Waals surface area contributed by atoms with Gasteiger partial charge in [-0.25, -0.2) is 0 Å². The second-order valence-electron chi connectivity index (χ2n) is 4.40. The fraction of sp³-hybridized carbons (Fsp3) is 0.571. The molecule has 2 rings (SSSR count). The Balaban J connectivity index is 2.00. The molecule has 0 aliphatic carbocycles. The molecule has 0 radical (unpaired) electrons. The van der Waals surface area contributed by atoms with Crippen LogP contribution >= 0.6 is 0 Å². The van der Waals surface area contributed by atoms with Crippen LogP contribution in [0.2, 0.25) is 0 Å². The molecule has 0 amide bonds. The lowest BCUT2D eigenvalue weighted by Gasteiger charge is -2.27. The van der Waals surface area contributed by atoms with Crippen molar-refractivity contribution in [2.75, 3.05) is 19.8 Å². The maximum Gasteiger partial charge on any atom is 0.119 e. The Kier molecular flexibility index (Phi) is 4.40. The molecule has 1 unspecified atom stereocenters. The normalized spacial score (nSPS) is 18.9. The van der Waals surface area contributed by atoms with Crippen molar-refractivity contribution in [3.8, 4) is 5.75 Å². The molecule has 1 fully saturated rings. The van der Waals surface area contributed by atoms with Crippen LogP contribution in [0.15, 0.2) is 24.3 Å². The van der Waals surface area contributed by atoms with Crippen LogP contribution in [0.3, 0.4) is 0 Å². The van der Waals surface area contributed by atoms with Crippen molar-refractivity contribution in [1.29, 1.82) is 0 Å². The maximum absolute atomic E-state index is 10.3. The number of benzene rings is 1. The Morgan fingerprint density at radius 2 is 1.94 bits per heavy atom. The molecule has 3 heteroatoms. The van der Waals surface area contributed by atoms with Crippen molar-refractivity contribution in [3.05, 3.63) is 29.8 Å². The van der Waals surface area contributed by atoms with Gasteiger partial charge in [0, 0.05) is 13.2 Å². The van der Waals surface area contributed by atoms with Crippen LogP contribution in [-0.4, -0.2) is 24.9 Å². The van der Waals surface area contributed by atoms with Crippen LogP contribution < -0.4 is 4.74 Å². The van der Waals surface area contributed by atoms with E-state index in [1.165, 1.54) is 0 Å². The van der Waals surface area contributed by atoms with E-state index in [9.17, 15) is 5.11 Å². The first-order chi connectivity index (χ1) is 8.31. The Hall–Kier alpha value is -1.06. The highest BCUT2D eigenvalue weighted by Crippen LogP contribution is 2.30. The SMILES string of the molecule is CCOc1ccc(C(O)C2CCOCC2)cc1. The van der Waals surface area contributed by atoms with Crippen molar-refractivity contribution in [2.45, 2.75) is 25.9 Å². The fourth-order valence-corrected chi connectivity index (χ4v) is 2.23. The van der Waals surface area contributed by atoms with E-state index in [1.54, 1.807) is 0 Å². The van der Waals surface area contributed by atoms with Crippen molar-refractivity contribution in [2.24, 2.45) is 5.92 Å². The standard InChI is InChI=1S/C14H20O3/c1-2-17-13-5-3-11(4-6-13)14(15)12-7-9-16-10-8-12/h3-6,12,14-15H,2,7-10H2,1H3. The highest BCUT2D eigenvalue weighted by atomic mass is 16.5. The van der Waals surface area contributed by atoms with E-state index in [0.717, 1.165) is 37.4 Å². The second kappa shape index (κ2) is 6.03. The highest BCUT2D eigenvalue weighted by Gasteiger charge is 2.23. The molecule has 3 nitrogen and oxygen atoms in total. The quantitative estimate of drug-likeness (QED) is 0.873. The van der Waals surface area contributed by atoms with E-state index in [2.05, 4.69) is 0 Å². The number of rotatable bonds is 4. The molecule has 1 aliphatic heterocycles. The maximum atomic E-state index is 10.3. The van der Waals surface area contributed by atoms with Crippen molar-refractivity contribution < 1.29 is 14.6 Å². The third kappa shape index (κ3) is 3.20. The van der Waals surface area contributed by atoms with Crippen molar-refractivity contribution in [3.63, 3.8) is 0 Å². The van der Waals surface area contributed by atoms with Crippen molar-refractivity contribution >= 4 is 0 Å². The summed E-state index contributed by atoms with van der Waals surface area (Å²) >= 11 is 0. The van der Waals surface area contributed by atoms with Gasteiger partial charge in [-0.05, 0) is 43.4 Å². The minimum Gasteiger partial charge on any atom is -0.494 e. The zero-order valence-electron chi connectivity index (χ0n) is 10.3. The second-order valence-corrected chi connectivity index (χ2v) is 4.40. The van der Waals surface area contributed by atoms with Gasteiger partial charge in [0.1, 0.15) is 5.75 Å². The average molecular weight is 236 g/mol. The Morgan fingerprint density at radius 3 is 2.53 bits per heavy atom. The minimum absolute atomic E-state index is 0.321. The summed E-state index contributed by atoms with van der Waals surface area (Å²) in [6.45, 7) is 4.16. The van der Waals surface area contributed by atoms with E-state index in [0.29, 0.717) is 12.5 Å². The zero-order chi connectivity index (χ0) is 12.1. The Labute approximate surface area is 102 Å². The van der Waals surface area contributed by atoms with Gasteiger partial charge in [0.05, 0.1) is 12.7 Å². The lowest BCUT2D eigenvalue weighted by molar-refractivity contribution is 0.00717.